The van der Waals surface area contributed by atoms with Crippen molar-refractivity contribution in [2.45, 2.75) is 51.6 Å². The van der Waals surface area contributed by atoms with Gasteiger partial charge >= 0.3 is 0 Å². The lowest BCUT2D eigenvalue weighted by molar-refractivity contribution is 0.0931. The Labute approximate surface area is 192 Å². The van der Waals surface area contributed by atoms with E-state index in [2.05, 4.69) is 47.4 Å². The van der Waals surface area contributed by atoms with Crippen LogP contribution >= 0.6 is 0 Å². The Balaban J connectivity index is 1.39. The van der Waals surface area contributed by atoms with Crippen LogP contribution in [0.2, 0.25) is 0 Å². The maximum Gasteiger partial charge on any atom is 0.270 e. The van der Waals surface area contributed by atoms with E-state index in [4.69, 9.17) is 9.68 Å². The molecule has 1 aromatic carbocycles. The average Bonchev–Trinajstić information content (AvgIpc) is 3.44. The molecule has 4 rings (SSSR count). The maximum absolute atomic E-state index is 12.8. The van der Waals surface area contributed by atoms with E-state index < -0.39 is 5.91 Å². The van der Waals surface area contributed by atoms with Crippen molar-refractivity contribution in [3.8, 4) is 6.07 Å². The topological polar surface area (TPSA) is 121 Å². The molecule has 0 aliphatic heterocycles. The van der Waals surface area contributed by atoms with Gasteiger partial charge in [0.25, 0.3) is 11.8 Å². The van der Waals surface area contributed by atoms with Crippen molar-refractivity contribution in [3.63, 3.8) is 0 Å². The van der Waals surface area contributed by atoms with Crippen molar-refractivity contribution in [3.05, 3.63) is 82.3 Å². The molecule has 168 valence electrons. The highest BCUT2D eigenvalue weighted by molar-refractivity contribution is 5.97. The fourth-order valence-electron chi connectivity index (χ4n) is 3.81. The Bertz CT molecular complexity index is 1250. The molecule has 3 aromatic rings. The minimum absolute atomic E-state index is 0.111. The van der Waals surface area contributed by atoms with Gasteiger partial charge in [-0.2, -0.15) is 5.26 Å². The van der Waals surface area contributed by atoms with Gasteiger partial charge in [-0.3, -0.25) is 9.59 Å². The SMILES string of the molecule is CC(C)(C)c1cc(CNC(=O)c2cc(C(=O)N[C@@H]3CCc4cc(C#N)ccc43)ncn2)co1. The molecule has 0 spiro atoms. The number of aromatic nitrogens is 2. The summed E-state index contributed by atoms with van der Waals surface area (Å²) in [6, 6.07) is 10.8. The first-order valence-electron chi connectivity index (χ1n) is 10.8. The quantitative estimate of drug-likeness (QED) is 0.622. The highest BCUT2D eigenvalue weighted by Gasteiger charge is 2.25. The summed E-state index contributed by atoms with van der Waals surface area (Å²) in [4.78, 5) is 33.4. The number of hydrogen-bond donors (Lipinski definition) is 2. The van der Waals surface area contributed by atoms with Crippen LogP contribution in [0, 0.1) is 11.3 Å². The fraction of sp³-hybridized carbons (Fsp3) is 0.320. The van der Waals surface area contributed by atoms with Crippen LogP contribution < -0.4 is 10.6 Å². The molecule has 8 nitrogen and oxygen atoms in total. The number of hydrogen-bond acceptors (Lipinski definition) is 6. The molecule has 0 fully saturated rings. The Morgan fingerprint density at radius 1 is 1.15 bits per heavy atom. The van der Waals surface area contributed by atoms with E-state index in [1.54, 1.807) is 12.3 Å². The zero-order valence-electron chi connectivity index (χ0n) is 18.8. The van der Waals surface area contributed by atoms with Crippen LogP contribution in [0.15, 0.2) is 47.3 Å². The Morgan fingerprint density at radius 2 is 1.91 bits per heavy atom. The molecule has 1 aliphatic carbocycles. The Kier molecular flexibility index (Phi) is 5.97. The lowest BCUT2D eigenvalue weighted by Gasteiger charge is -2.14. The van der Waals surface area contributed by atoms with Crippen molar-refractivity contribution < 1.29 is 14.0 Å². The van der Waals surface area contributed by atoms with Crippen LogP contribution in [-0.2, 0) is 18.4 Å². The molecular weight excluding hydrogens is 418 g/mol. The third-order valence-corrected chi connectivity index (χ3v) is 5.63. The van der Waals surface area contributed by atoms with Gasteiger partial charge in [-0.1, -0.05) is 26.8 Å². The van der Waals surface area contributed by atoms with Crippen LogP contribution in [-0.4, -0.2) is 21.8 Å². The molecule has 0 radical (unpaired) electrons. The normalized spacial score (nSPS) is 14.9. The van der Waals surface area contributed by atoms with E-state index in [-0.39, 0.29) is 35.3 Å². The molecule has 1 atom stereocenters. The minimum atomic E-state index is -0.403. The van der Waals surface area contributed by atoms with E-state index >= 15 is 0 Å². The van der Waals surface area contributed by atoms with Gasteiger partial charge in [-0.15, -0.1) is 0 Å². The molecule has 2 N–H and O–H groups in total. The van der Waals surface area contributed by atoms with Gasteiger partial charge in [0.1, 0.15) is 23.5 Å². The first kappa shape index (κ1) is 22.2. The lowest BCUT2D eigenvalue weighted by atomic mass is 9.93. The molecule has 33 heavy (non-hydrogen) atoms. The number of fused-ring (bicyclic) bond motifs is 1. The summed E-state index contributed by atoms with van der Waals surface area (Å²) in [7, 11) is 0. The fourth-order valence-corrected chi connectivity index (χ4v) is 3.81. The van der Waals surface area contributed by atoms with E-state index in [9.17, 15) is 9.59 Å². The van der Waals surface area contributed by atoms with Gasteiger partial charge in [0.05, 0.1) is 23.9 Å². The number of nitriles is 1. The third kappa shape index (κ3) is 4.93. The Hall–Kier alpha value is -3.99. The van der Waals surface area contributed by atoms with Crippen LogP contribution in [0.25, 0.3) is 0 Å². The zero-order chi connectivity index (χ0) is 23.6. The molecule has 0 saturated carbocycles. The standard InChI is InChI=1S/C25H25N5O3/c1-25(2,3)22-9-16(13-33-22)12-27-23(31)20-10-21(29-14-28-20)24(32)30-19-7-5-17-8-15(11-26)4-6-18(17)19/h4,6,8-10,13-14,19H,5,7,12H2,1-3H3,(H,27,31)(H,30,32)/t19-/m1/s1. The second-order valence-electron chi connectivity index (χ2n) is 9.13. The van der Waals surface area contributed by atoms with Crippen LogP contribution in [0.3, 0.4) is 0 Å². The van der Waals surface area contributed by atoms with Crippen molar-refractivity contribution >= 4 is 11.8 Å². The van der Waals surface area contributed by atoms with Crippen molar-refractivity contribution in [1.29, 1.82) is 5.26 Å². The summed E-state index contributed by atoms with van der Waals surface area (Å²) in [5.41, 5.74) is 3.64. The summed E-state index contributed by atoms with van der Waals surface area (Å²) in [6.07, 6.45) is 4.37. The van der Waals surface area contributed by atoms with Gasteiger partial charge in [-0.25, -0.2) is 9.97 Å². The molecule has 2 amide bonds. The smallest absolute Gasteiger partial charge is 0.270 e. The van der Waals surface area contributed by atoms with Gasteiger partial charge in [0, 0.05) is 23.6 Å². The number of amides is 2. The van der Waals surface area contributed by atoms with E-state index in [1.807, 2.05) is 18.2 Å². The number of aryl methyl sites for hydroxylation is 1. The highest BCUT2D eigenvalue weighted by Crippen LogP contribution is 2.32. The number of nitrogens with zero attached hydrogens (tertiary/aromatic N) is 3. The van der Waals surface area contributed by atoms with Crippen LogP contribution in [0.5, 0.6) is 0 Å². The third-order valence-electron chi connectivity index (χ3n) is 5.63. The van der Waals surface area contributed by atoms with Gasteiger partial charge in [0.15, 0.2) is 0 Å². The van der Waals surface area contributed by atoms with E-state index in [1.165, 1.54) is 12.4 Å². The molecule has 0 unspecified atom stereocenters. The van der Waals surface area contributed by atoms with E-state index in [0.29, 0.717) is 5.56 Å². The predicted octanol–water partition coefficient (Wildman–Crippen LogP) is 3.59. The second-order valence-corrected chi connectivity index (χ2v) is 9.13. The first-order chi connectivity index (χ1) is 15.7. The number of furan rings is 1. The summed E-state index contributed by atoms with van der Waals surface area (Å²) >= 11 is 0. The van der Waals surface area contributed by atoms with Crippen molar-refractivity contribution in [2.75, 3.05) is 0 Å². The minimum Gasteiger partial charge on any atom is -0.468 e. The van der Waals surface area contributed by atoms with Gasteiger partial charge < -0.3 is 15.1 Å². The average molecular weight is 444 g/mol. The van der Waals surface area contributed by atoms with Gasteiger partial charge in [-0.05, 0) is 42.2 Å². The summed E-state index contributed by atoms with van der Waals surface area (Å²) in [6.45, 7) is 6.44. The molecule has 8 heteroatoms. The summed E-state index contributed by atoms with van der Waals surface area (Å²) < 4.78 is 5.57. The van der Waals surface area contributed by atoms with Crippen molar-refractivity contribution in [1.82, 2.24) is 20.6 Å². The lowest BCUT2D eigenvalue weighted by Crippen LogP contribution is -2.29. The second kappa shape index (κ2) is 8.87. The van der Waals surface area contributed by atoms with Crippen LogP contribution in [0.1, 0.15) is 82.2 Å². The molecule has 2 aromatic heterocycles. The number of rotatable bonds is 5. The number of carbonyl (C=O) groups excluding carboxylic acids is 2. The monoisotopic (exact) mass is 443 g/mol. The summed E-state index contributed by atoms with van der Waals surface area (Å²) in [5, 5.41) is 14.8. The number of benzene rings is 1. The first-order valence-corrected chi connectivity index (χ1v) is 10.8. The van der Waals surface area contributed by atoms with Gasteiger partial charge in [0.2, 0.25) is 0 Å². The number of nitrogens with one attached hydrogen (secondary N) is 2. The summed E-state index contributed by atoms with van der Waals surface area (Å²) in [5.74, 6) is 0.0589. The van der Waals surface area contributed by atoms with E-state index in [0.717, 1.165) is 35.3 Å². The van der Waals surface area contributed by atoms with Crippen LogP contribution in [0.4, 0.5) is 0 Å². The predicted molar refractivity (Wildman–Crippen MR) is 120 cm³/mol. The van der Waals surface area contributed by atoms with Crippen molar-refractivity contribution in [2.24, 2.45) is 0 Å². The number of carbonyl (C=O) groups is 2. The Morgan fingerprint density at radius 3 is 2.61 bits per heavy atom. The molecule has 0 bridgehead atoms. The molecule has 2 heterocycles. The highest BCUT2D eigenvalue weighted by atomic mass is 16.3. The maximum atomic E-state index is 12.8. The molecular formula is C25H25N5O3. The largest absolute Gasteiger partial charge is 0.468 e. The zero-order valence-corrected chi connectivity index (χ0v) is 18.8. The molecule has 0 saturated heterocycles. The molecule has 1 aliphatic rings.